The predicted octanol–water partition coefficient (Wildman–Crippen LogP) is 1.73. The van der Waals surface area contributed by atoms with Crippen molar-refractivity contribution < 1.29 is 14.3 Å². The van der Waals surface area contributed by atoms with Crippen molar-refractivity contribution in [3.63, 3.8) is 0 Å². The maximum Gasteiger partial charge on any atom is 0.322 e. The molecule has 0 radical (unpaired) electrons. The molecular formula is C12H25NO3. The van der Waals surface area contributed by atoms with Crippen molar-refractivity contribution in [3.05, 3.63) is 0 Å². The largest absolute Gasteiger partial charge is 0.468 e. The van der Waals surface area contributed by atoms with E-state index < -0.39 is 0 Å². The first kappa shape index (κ1) is 15.4. The Morgan fingerprint density at radius 2 is 1.94 bits per heavy atom. The monoisotopic (exact) mass is 231 g/mol. The minimum Gasteiger partial charge on any atom is -0.468 e. The van der Waals surface area contributed by atoms with Gasteiger partial charge in [-0.2, -0.15) is 0 Å². The van der Waals surface area contributed by atoms with Crippen LogP contribution in [0.2, 0.25) is 0 Å². The molecule has 0 rings (SSSR count). The first-order valence-electron chi connectivity index (χ1n) is 5.96. The molecule has 0 aromatic carbocycles. The number of hydrogen-bond donors (Lipinski definition) is 1. The zero-order valence-corrected chi connectivity index (χ0v) is 11.1. The van der Waals surface area contributed by atoms with E-state index in [0.29, 0.717) is 13.0 Å². The fourth-order valence-corrected chi connectivity index (χ4v) is 1.32. The van der Waals surface area contributed by atoms with E-state index in [-0.39, 0.29) is 24.2 Å². The second kappa shape index (κ2) is 8.53. The van der Waals surface area contributed by atoms with Crippen LogP contribution in [0.4, 0.5) is 0 Å². The standard InChI is InChI=1S/C12H25NO3/c1-6-10(4)16-8-7-11(12(14)15-5)13-9(2)3/h9-11,13H,6-8H2,1-5H3. The second-order valence-electron chi connectivity index (χ2n) is 4.28. The molecule has 16 heavy (non-hydrogen) atoms. The Kier molecular flexibility index (Phi) is 8.21. The van der Waals surface area contributed by atoms with Gasteiger partial charge in [-0.05, 0) is 19.8 Å². The molecule has 0 fully saturated rings. The molecule has 4 nitrogen and oxygen atoms in total. The molecule has 0 spiro atoms. The van der Waals surface area contributed by atoms with E-state index >= 15 is 0 Å². The molecule has 0 aliphatic heterocycles. The third-order valence-electron chi connectivity index (χ3n) is 2.40. The van der Waals surface area contributed by atoms with Crippen molar-refractivity contribution in [3.8, 4) is 0 Å². The molecule has 1 N–H and O–H groups in total. The van der Waals surface area contributed by atoms with Gasteiger partial charge >= 0.3 is 5.97 Å². The van der Waals surface area contributed by atoms with Gasteiger partial charge in [0, 0.05) is 12.6 Å². The van der Waals surface area contributed by atoms with E-state index in [0.717, 1.165) is 6.42 Å². The fourth-order valence-electron chi connectivity index (χ4n) is 1.32. The summed E-state index contributed by atoms with van der Waals surface area (Å²) in [6, 6.07) is -0.0123. The third-order valence-corrected chi connectivity index (χ3v) is 2.40. The molecule has 0 bridgehead atoms. The summed E-state index contributed by atoms with van der Waals surface area (Å²) >= 11 is 0. The minimum atomic E-state index is -0.269. The Bertz CT molecular complexity index is 195. The summed E-state index contributed by atoms with van der Waals surface area (Å²) in [5.74, 6) is -0.221. The van der Waals surface area contributed by atoms with Gasteiger partial charge in [0.25, 0.3) is 0 Å². The highest BCUT2D eigenvalue weighted by molar-refractivity contribution is 5.75. The molecule has 0 amide bonds. The van der Waals surface area contributed by atoms with Crippen molar-refractivity contribution in [1.82, 2.24) is 5.32 Å². The molecule has 0 saturated carbocycles. The van der Waals surface area contributed by atoms with Crippen LogP contribution in [0.15, 0.2) is 0 Å². The van der Waals surface area contributed by atoms with Gasteiger partial charge in [0.15, 0.2) is 0 Å². The van der Waals surface area contributed by atoms with E-state index in [1.165, 1.54) is 7.11 Å². The van der Waals surface area contributed by atoms with Gasteiger partial charge in [-0.1, -0.05) is 20.8 Å². The predicted molar refractivity (Wildman–Crippen MR) is 64.4 cm³/mol. The third kappa shape index (κ3) is 6.80. The number of rotatable bonds is 8. The van der Waals surface area contributed by atoms with Crippen molar-refractivity contribution >= 4 is 5.97 Å². The van der Waals surface area contributed by atoms with Crippen LogP contribution in [0.25, 0.3) is 0 Å². The van der Waals surface area contributed by atoms with Gasteiger partial charge < -0.3 is 14.8 Å². The van der Waals surface area contributed by atoms with Gasteiger partial charge in [-0.3, -0.25) is 4.79 Å². The first-order valence-corrected chi connectivity index (χ1v) is 5.96. The van der Waals surface area contributed by atoms with Crippen molar-refractivity contribution in [2.75, 3.05) is 13.7 Å². The van der Waals surface area contributed by atoms with Crippen LogP contribution in [0.1, 0.15) is 40.5 Å². The smallest absolute Gasteiger partial charge is 0.322 e. The summed E-state index contributed by atoms with van der Waals surface area (Å²) in [6.45, 7) is 8.70. The highest BCUT2D eigenvalue weighted by atomic mass is 16.5. The van der Waals surface area contributed by atoms with Crippen LogP contribution in [0.5, 0.6) is 0 Å². The van der Waals surface area contributed by atoms with Gasteiger partial charge in [0.1, 0.15) is 6.04 Å². The molecule has 2 atom stereocenters. The maximum absolute atomic E-state index is 11.5. The summed E-state index contributed by atoms with van der Waals surface area (Å²) in [5, 5.41) is 3.17. The summed E-state index contributed by atoms with van der Waals surface area (Å²) in [6.07, 6.45) is 1.88. The Morgan fingerprint density at radius 1 is 1.31 bits per heavy atom. The number of carbonyl (C=O) groups excluding carboxylic acids is 1. The quantitative estimate of drug-likeness (QED) is 0.646. The molecule has 0 aliphatic rings. The normalized spacial score (nSPS) is 14.9. The highest BCUT2D eigenvalue weighted by Gasteiger charge is 2.19. The average molecular weight is 231 g/mol. The van der Waals surface area contributed by atoms with Crippen molar-refractivity contribution in [2.24, 2.45) is 0 Å². The van der Waals surface area contributed by atoms with Gasteiger partial charge in [0.05, 0.1) is 13.2 Å². The van der Waals surface area contributed by atoms with Crippen molar-refractivity contribution in [2.45, 2.75) is 58.7 Å². The number of carbonyl (C=O) groups is 1. The Morgan fingerprint density at radius 3 is 2.38 bits per heavy atom. The molecule has 0 saturated heterocycles. The number of methoxy groups -OCH3 is 1. The van der Waals surface area contributed by atoms with E-state index in [1.807, 2.05) is 20.8 Å². The Labute approximate surface area is 98.7 Å². The Hall–Kier alpha value is -0.610. The molecule has 0 heterocycles. The lowest BCUT2D eigenvalue weighted by atomic mass is 10.2. The molecule has 0 aromatic heterocycles. The maximum atomic E-state index is 11.5. The molecular weight excluding hydrogens is 206 g/mol. The summed E-state index contributed by atoms with van der Waals surface area (Å²) in [4.78, 5) is 11.5. The summed E-state index contributed by atoms with van der Waals surface area (Å²) in [7, 11) is 1.41. The second-order valence-corrected chi connectivity index (χ2v) is 4.28. The van der Waals surface area contributed by atoms with Crippen LogP contribution >= 0.6 is 0 Å². The van der Waals surface area contributed by atoms with Crippen LogP contribution in [0.3, 0.4) is 0 Å². The summed E-state index contributed by atoms with van der Waals surface area (Å²) < 4.78 is 10.3. The lowest BCUT2D eigenvalue weighted by molar-refractivity contribution is -0.144. The molecule has 4 heteroatoms. The lowest BCUT2D eigenvalue weighted by Crippen LogP contribution is -2.42. The minimum absolute atomic E-state index is 0.221. The SMILES string of the molecule is CCC(C)OCCC(NC(C)C)C(=O)OC. The van der Waals surface area contributed by atoms with Gasteiger partial charge in [-0.15, -0.1) is 0 Å². The highest BCUT2D eigenvalue weighted by Crippen LogP contribution is 2.02. The average Bonchev–Trinajstić information content (AvgIpc) is 2.25. The topological polar surface area (TPSA) is 47.6 Å². The van der Waals surface area contributed by atoms with Gasteiger partial charge in [0.2, 0.25) is 0 Å². The van der Waals surface area contributed by atoms with Crippen LogP contribution in [0, 0.1) is 0 Å². The number of nitrogens with one attached hydrogen (secondary N) is 1. The van der Waals surface area contributed by atoms with E-state index in [1.54, 1.807) is 0 Å². The molecule has 96 valence electrons. The number of hydrogen-bond acceptors (Lipinski definition) is 4. The van der Waals surface area contributed by atoms with E-state index in [9.17, 15) is 4.79 Å². The fraction of sp³-hybridized carbons (Fsp3) is 0.917. The molecule has 2 unspecified atom stereocenters. The van der Waals surface area contributed by atoms with Crippen LogP contribution in [-0.4, -0.2) is 37.9 Å². The molecule has 0 aromatic rings. The molecule has 0 aliphatic carbocycles. The first-order chi connectivity index (χ1) is 7.51. The lowest BCUT2D eigenvalue weighted by Gasteiger charge is -2.19. The number of esters is 1. The summed E-state index contributed by atoms with van der Waals surface area (Å²) in [5.41, 5.74) is 0. The Balaban J connectivity index is 3.97. The van der Waals surface area contributed by atoms with Crippen molar-refractivity contribution in [1.29, 1.82) is 0 Å². The zero-order valence-electron chi connectivity index (χ0n) is 11.1. The van der Waals surface area contributed by atoms with E-state index in [2.05, 4.69) is 12.2 Å². The van der Waals surface area contributed by atoms with Crippen LogP contribution in [-0.2, 0) is 14.3 Å². The van der Waals surface area contributed by atoms with Gasteiger partial charge in [-0.25, -0.2) is 0 Å². The zero-order chi connectivity index (χ0) is 12.6. The van der Waals surface area contributed by atoms with E-state index in [4.69, 9.17) is 9.47 Å². The van der Waals surface area contributed by atoms with Crippen LogP contribution < -0.4 is 5.32 Å². The number of ether oxygens (including phenoxy) is 2.